The van der Waals surface area contributed by atoms with Gasteiger partial charge in [-0.3, -0.25) is 9.69 Å². The maximum atomic E-state index is 11.8. The summed E-state index contributed by atoms with van der Waals surface area (Å²) >= 11 is 1.74. The van der Waals surface area contributed by atoms with Crippen molar-refractivity contribution in [1.29, 1.82) is 0 Å². The highest BCUT2D eigenvalue weighted by Gasteiger charge is 2.24. The van der Waals surface area contributed by atoms with Crippen molar-refractivity contribution >= 4 is 17.2 Å². The van der Waals surface area contributed by atoms with Crippen LogP contribution in [0.2, 0.25) is 0 Å². The zero-order valence-corrected chi connectivity index (χ0v) is 12.3. The number of thiophene rings is 1. The van der Waals surface area contributed by atoms with Crippen molar-refractivity contribution < 1.29 is 4.79 Å². The first-order valence-electron chi connectivity index (χ1n) is 6.92. The second-order valence-corrected chi connectivity index (χ2v) is 6.38. The predicted octanol–water partition coefficient (Wildman–Crippen LogP) is 1.08. The molecule has 2 atom stereocenters. The molecule has 4 nitrogen and oxygen atoms in total. The molecule has 3 N–H and O–H groups in total. The Morgan fingerprint density at radius 2 is 2.47 bits per heavy atom. The number of nitrogens with one attached hydrogen (secondary N) is 1. The van der Waals surface area contributed by atoms with Gasteiger partial charge in [-0.1, -0.05) is 13.0 Å². The van der Waals surface area contributed by atoms with E-state index in [1.54, 1.807) is 11.3 Å². The van der Waals surface area contributed by atoms with Crippen LogP contribution in [0.15, 0.2) is 17.5 Å². The van der Waals surface area contributed by atoms with Gasteiger partial charge in [0.25, 0.3) is 0 Å². The average Bonchev–Trinajstić information content (AvgIpc) is 2.87. The number of rotatable bonds is 5. The molecule has 2 unspecified atom stereocenters. The predicted molar refractivity (Wildman–Crippen MR) is 79.2 cm³/mol. The van der Waals surface area contributed by atoms with Crippen molar-refractivity contribution in [3.8, 4) is 0 Å². The molecule has 1 aliphatic rings. The molecule has 1 saturated heterocycles. The van der Waals surface area contributed by atoms with Crippen LogP contribution in [0.5, 0.6) is 0 Å². The minimum atomic E-state index is 0.124. The number of nitrogens with zero attached hydrogens (tertiary/aromatic N) is 1. The van der Waals surface area contributed by atoms with Gasteiger partial charge >= 0.3 is 0 Å². The molecule has 0 aromatic carbocycles. The molecule has 1 aromatic heterocycles. The molecule has 0 bridgehead atoms. The lowest BCUT2D eigenvalue weighted by atomic mass is 9.95. The molecule has 0 spiro atoms. The molecule has 1 fully saturated rings. The molecule has 0 aliphatic carbocycles. The molecule has 1 amide bonds. The molecule has 2 heterocycles. The van der Waals surface area contributed by atoms with E-state index in [4.69, 9.17) is 5.73 Å². The van der Waals surface area contributed by atoms with Crippen LogP contribution in [0, 0.1) is 5.92 Å². The Morgan fingerprint density at radius 3 is 3.16 bits per heavy atom. The van der Waals surface area contributed by atoms with Gasteiger partial charge in [-0.25, -0.2) is 0 Å². The quantitative estimate of drug-likeness (QED) is 0.849. The van der Waals surface area contributed by atoms with Gasteiger partial charge in [-0.05, 0) is 30.2 Å². The van der Waals surface area contributed by atoms with Gasteiger partial charge in [0, 0.05) is 30.6 Å². The first kappa shape index (κ1) is 14.5. The fourth-order valence-corrected chi connectivity index (χ4v) is 3.14. The zero-order chi connectivity index (χ0) is 13.7. The van der Waals surface area contributed by atoms with Crippen LogP contribution < -0.4 is 11.1 Å². The van der Waals surface area contributed by atoms with E-state index in [0.29, 0.717) is 12.5 Å². The van der Waals surface area contributed by atoms with Crippen molar-refractivity contribution in [1.82, 2.24) is 10.2 Å². The van der Waals surface area contributed by atoms with Crippen molar-refractivity contribution in [3.05, 3.63) is 22.4 Å². The monoisotopic (exact) mass is 281 g/mol. The summed E-state index contributed by atoms with van der Waals surface area (Å²) in [4.78, 5) is 15.4. The number of carbonyl (C=O) groups excluding carboxylic acids is 1. The summed E-state index contributed by atoms with van der Waals surface area (Å²) in [6, 6.07) is 4.43. The van der Waals surface area contributed by atoms with E-state index in [1.165, 1.54) is 4.88 Å². The van der Waals surface area contributed by atoms with E-state index in [2.05, 4.69) is 28.6 Å². The van der Waals surface area contributed by atoms with Gasteiger partial charge < -0.3 is 11.1 Å². The van der Waals surface area contributed by atoms with Crippen LogP contribution in [0.25, 0.3) is 0 Å². The molecular weight excluding hydrogens is 258 g/mol. The molecule has 1 aliphatic heterocycles. The third-order valence-electron chi connectivity index (χ3n) is 3.70. The Balaban J connectivity index is 1.64. The zero-order valence-electron chi connectivity index (χ0n) is 11.5. The van der Waals surface area contributed by atoms with Crippen molar-refractivity contribution in [3.63, 3.8) is 0 Å². The third-order valence-corrected chi connectivity index (χ3v) is 4.63. The van der Waals surface area contributed by atoms with Gasteiger partial charge in [0.2, 0.25) is 5.91 Å². The molecule has 1 aromatic rings. The summed E-state index contributed by atoms with van der Waals surface area (Å²) in [5.41, 5.74) is 5.98. The first-order chi connectivity index (χ1) is 9.15. The fourth-order valence-electron chi connectivity index (χ4n) is 2.43. The van der Waals surface area contributed by atoms with Crippen LogP contribution in [0.1, 0.15) is 18.2 Å². The maximum absolute atomic E-state index is 11.8. The van der Waals surface area contributed by atoms with Gasteiger partial charge in [0.1, 0.15) is 0 Å². The molecule has 19 heavy (non-hydrogen) atoms. The Hall–Kier alpha value is -0.910. The normalized spacial score (nSPS) is 24.3. The van der Waals surface area contributed by atoms with Crippen molar-refractivity contribution in [2.24, 2.45) is 11.7 Å². The van der Waals surface area contributed by atoms with E-state index in [1.807, 2.05) is 6.07 Å². The number of piperidine rings is 1. The lowest BCUT2D eigenvalue weighted by molar-refractivity contribution is -0.122. The number of carbonyl (C=O) groups is 1. The van der Waals surface area contributed by atoms with Crippen molar-refractivity contribution in [2.45, 2.75) is 25.8 Å². The Kier molecular flexibility index (Phi) is 5.36. The van der Waals surface area contributed by atoms with Crippen LogP contribution >= 0.6 is 11.3 Å². The summed E-state index contributed by atoms with van der Waals surface area (Å²) in [7, 11) is 0. The minimum absolute atomic E-state index is 0.124. The molecule has 106 valence electrons. The van der Waals surface area contributed by atoms with Gasteiger partial charge in [-0.2, -0.15) is 0 Å². The second kappa shape index (κ2) is 7.03. The summed E-state index contributed by atoms with van der Waals surface area (Å²) < 4.78 is 0. The van der Waals surface area contributed by atoms with E-state index >= 15 is 0 Å². The standard InChI is InChI=1S/C14H23N3OS/c1-11-9-17(7-5-13(11)15)10-14(18)16-6-4-12-3-2-8-19-12/h2-3,8,11,13H,4-7,9-10,15H2,1H3,(H,16,18). The number of hydrogen-bond donors (Lipinski definition) is 2. The summed E-state index contributed by atoms with van der Waals surface area (Å²) in [5, 5.41) is 5.05. The molecule has 2 rings (SSSR count). The fraction of sp³-hybridized carbons (Fsp3) is 0.643. The smallest absolute Gasteiger partial charge is 0.234 e. The van der Waals surface area contributed by atoms with Crippen LogP contribution in [0.4, 0.5) is 0 Å². The van der Waals surface area contributed by atoms with E-state index in [0.717, 1.165) is 32.5 Å². The largest absolute Gasteiger partial charge is 0.355 e. The van der Waals surface area contributed by atoms with Crippen molar-refractivity contribution in [2.75, 3.05) is 26.2 Å². The maximum Gasteiger partial charge on any atom is 0.234 e. The average molecular weight is 281 g/mol. The van der Waals surface area contributed by atoms with Crippen LogP contribution in [0.3, 0.4) is 0 Å². The number of likely N-dealkylation sites (tertiary alicyclic amines) is 1. The minimum Gasteiger partial charge on any atom is -0.355 e. The molecule has 0 saturated carbocycles. The first-order valence-corrected chi connectivity index (χ1v) is 7.80. The summed E-state index contributed by atoms with van der Waals surface area (Å²) in [5.74, 6) is 0.604. The highest BCUT2D eigenvalue weighted by atomic mass is 32.1. The third kappa shape index (κ3) is 4.60. The summed E-state index contributed by atoms with van der Waals surface area (Å²) in [6.07, 6.45) is 1.91. The lowest BCUT2D eigenvalue weighted by Gasteiger charge is -2.34. The topological polar surface area (TPSA) is 58.4 Å². The number of hydrogen-bond acceptors (Lipinski definition) is 4. The number of amides is 1. The van der Waals surface area contributed by atoms with Gasteiger partial charge in [0.05, 0.1) is 6.54 Å². The summed E-state index contributed by atoms with van der Waals surface area (Å²) in [6.45, 7) is 5.25. The van der Waals surface area contributed by atoms with E-state index in [9.17, 15) is 4.79 Å². The highest BCUT2D eigenvalue weighted by Crippen LogP contribution is 2.14. The molecular formula is C14H23N3OS. The second-order valence-electron chi connectivity index (χ2n) is 5.34. The van der Waals surface area contributed by atoms with Crippen LogP contribution in [-0.4, -0.2) is 43.0 Å². The Bertz CT molecular complexity index is 393. The van der Waals surface area contributed by atoms with E-state index in [-0.39, 0.29) is 11.9 Å². The molecule has 5 heteroatoms. The van der Waals surface area contributed by atoms with Gasteiger partial charge in [0.15, 0.2) is 0 Å². The van der Waals surface area contributed by atoms with E-state index < -0.39 is 0 Å². The Morgan fingerprint density at radius 1 is 1.63 bits per heavy atom. The highest BCUT2D eigenvalue weighted by molar-refractivity contribution is 7.09. The van der Waals surface area contributed by atoms with Gasteiger partial charge in [-0.15, -0.1) is 11.3 Å². The Labute approximate surface area is 119 Å². The number of nitrogens with two attached hydrogens (primary N) is 1. The molecule has 0 radical (unpaired) electrons. The van der Waals surface area contributed by atoms with Crippen LogP contribution in [-0.2, 0) is 11.2 Å². The SMILES string of the molecule is CC1CN(CC(=O)NCCc2cccs2)CCC1N. The lowest BCUT2D eigenvalue weighted by Crippen LogP contribution is -2.49.